The van der Waals surface area contributed by atoms with Crippen molar-refractivity contribution in [3.05, 3.63) is 5.82 Å². The summed E-state index contributed by atoms with van der Waals surface area (Å²) in [6.07, 6.45) is 1.53. The number of aliphatic carboxylic acids is 1. The van der Waals surface area contributed by atoms with Crippen molar-refractivity contribution in [3.63, 3.8) is 0 Å². The van der Waals surface area contributed by atoms with Gasteiger partial charge in [-0.2, -0.15) is 4.37 Å². The first-order valence-corrected chi connectivity index (χ1v) is 6.23. The fourth-order valence-corrected chi connectivity index (χ4v) is 2.08. The molecule has 0 radical (unpaired) electrons. The Hall–Kier alpha value is -1.21. The Bertz CT molecular complexity index is 356. The minimum Gasteiger partial charge on any atom is -0.480 e. The highest BCUT2D eigenvalue weighted by Gasteiger charge is 2.14. The van der Waals surface area contributed by atoms with Gasteiger partial charge in [0, 0.05) is 31.6 Å². The zero-order valence-corrected chi connectivity index (χ0v) is 10.9. The van der Waals surface area contributed by atoms with Gasteiger partial charge in [-0.05, 0) is 6.42 Å². The third-order valence-corrected chi connectivity index (χ3v) is 2.89. The molecule has 96 valence electrons. The van der Waals surface area contributed by atoms with Crippen LogP contribution in [0, 0.1) is 0 Å². The van der Waals surface area contributed by atoms with Gasteiger partial charge in [-0.15, -0.1) is 0 Å². The number of nitrogens with zero attached hydrogens (tertiary/aromatic N) is 3. The number of rotatable bonds is 8. The molecule has 0 fully saturated rings. The molecule has 0 unspecified atom stereocenters. The average Bonchev–Trinajstić information content (AvgIpc) is 2.73. The Labute approximate surface area is 104 Å². The van der Waals surface area contributed by atoms with E-state index in [4.69, 9.17) is 9.84 Å². The summed E-state index contributed by atoms with van der Waals surface area (Å²) in [6, 6.07) is 0. The van der Waals surface area contributed by atoms with Crippen molar-refractivity contribution in [3.8, 4) is 0 Å². The van der Waals surface area contributed by atoms with E-state index >= 15 is 0 Å². The van der Waals surface area contributed by atoms with Crippen LogP contribution in [0.25, 0.3) is 0 Å². The number of ether oxygens (including phenoxy) is 1. The van der Waals surface area contributed by atoms with Crippen LogP contribution >= 0.6 is 11.5 Å². The lowest BCUT2D eigenvalue weighted by Gasteiger charge is -2.17. The molecule has 6 nitrogen and oxygen atoms in total. The molecule has 1 heterocycles. The van der Waals surface area contributed by atoms with E-state index in [1.165, 1.54) is 11.5 Å². The summed E-state index contributed by atoms with van der Waals surface area (Å²) in [4.78, 5) is 16.8. The molecule has 0 saturated carbocycles. The molecule has 1 aromatic rings. The Balaban J connectivity index is 2.65. The maximum atomic E-state index is 10.7. The summed E-state index contributed by atoms with van der Waals surface area (Å²) in [7, 11) is 1.63. The lowest BCUT2D eigenvalue weighted by Crippen LogP contribution is -2.30. The molecule has 0 atom stereocenters. The zero-order valence-electron chi connectivity index (χ0n) is 10.0. The molecule has 0 bridgehead atoms. The quantitative estimate of drug-likeness (QED) is 0.751. The maximum absolute atomic E-state index is 10.7. The number of anilines is 1. The predicted molar refractivity (Wildman–Crippen MR) is 65.6 cm³/mol. The van der Waals surface area contributed by atoms with E-state index in [1.807, 2.05) is 6.92 Å². The van der Waals surface area contributed by atoms with E-state index in [2.05, 4.69) is 9.36 Å². The zero-order chi connectivity index (χ0) is 12.7. The molecule has 0 aliphatic carbocycles. The molecule has 1 rings (SSSR count). The number of carboxylic acids is 1. The van der Waals surface area contributed by atoms with Crippen molar-refractivity contribution in [1.29, 1.82) is 0 Å². The van der Waals surface area contributed by atoms with Gasteiger partial charge < -0.3 is 14.7 Å². The lowest BCUT2D eigenvalue weighted by atomic mass is 10.4. The number of hydrogen-bond acceptors (Lipinski definition) is 6. The van der Waals surface area contributed by atoms with Crippen LogP contribution in [0.3, 0.4) is 0 Å². The minimum atomic E-state index is -0.855. The van der Waals surface area contributed by atoms with Crippen molar-refractivity contribution in [2.24, 2.45) is 0 Å². The number of carboxylic acid groups (broad SMARTS) is 1. The monoisotopic (exact) mass is 259 g/mol. The normalized spacial score (nSPS) is 10.5. The highest BCUT2D eigenvalue weighted by Crippen LogP contribution is 2.17. The van der Waals surface area contributed by atoms with Crippen molar-refractivity contribution in [2.75, 3.05) is 31.7 Å². The van der Waals surface area contributed by atoms with Crippen LogP contribution < -0.4 is 4.90 Å². The van der Waals surface area contributed by atoms with Crippen LogP contribution in [0.4, 0.5) is 5.13 Å². The fourth-order valence-electron chi connectivity index (χ4n) is 1.34. The third-order valence-electron chi connectivity index (χ3n) is 2.08. The summed E-state index contributed by atoms with van der Waals surface area (Å²) >= 11 is 1.24. The van der Waals surface area contributed by atoms with Gasteiger partial charge in [0.1, 0.15) is 12.4 Å². The van der Waals surface area contributed by atoms with Crippen molar-refractivity contribution < 1.29 is 14.6 Å². The Morgan fingerprint density at radius 3 is 2.94 bits per heavy atom. The number of methoxy groups -OCH3 is 1. The molecule has 0 aliphatic rings. The number of hydrogen-bond donors (Lipinski definition) is 1. The van der Waals surface area contributed by atoms with E-state index < -0.39 is 5.97 Å². The predicted octanol–water partition coefficient (Wildman–Crippen LogP) is 1.03. The Kier molecular flexibility index (Phi) is 5.85. The number of aromatic nitrogens is 2. The molecular formula is C10H17N3O3S. The van der Waals surface area contributed by atoms with E-state index in [-0.39, 0.29) is 6.54 Å². The maximum Gasteiger partial charge on any atom is 0.323 e. The largest absolute Gasteiger partial charge is 0.480 e. The molecule has 7 heteroatoms. The van der Waals surface area contributed by atoms with Crippen LogP contribution in [-0.2, 0) is 16.0 Å². The third kappa shape index (κ3) is 4.66. The molecule has 1 N–H and O–H groups in total. The van der Waals surface area contributed by atoms with Crippen molar-refractivity contribution in [2.45, 2.75) is 19.8 Å². The second-order valence-electron chi connectivity index (χ2n) is 3.55. The first-order chi connectivity index (χ1) is 8.17. The summed E-state index contributed by atoms with van der Waals surface area (Å²) in [5.74, 6) is -0.148. The van der Waals surface area contributed by atoms with Gasteiger partial charge in [-0.3, -0.25) is 4.79 Å². The fraction of sp³-hybridized carbons (Fsp3) is 0.700. The van der Waals surface area contributed by atoms with Gasteiger partial charge in [0.2, 0.25) is 5.13 Å². The summed E-state index contributed by atoms with van der Waals surface area (Å²) < 4.78 is 9.12. The van der Waals surface area contributed by atoms with E-state index in [0.717, 1.165) is 6.42 Å². The van der Waals surface area contributed by atoms with E-state index in [0.29, 0.717) is 30.5 Å². The van der Waals surface area contributed by atoms with Crippen LogP contribution in [0.5, 0.6) is 0 Å². The molecular weight excluding hydrogens is 242 g/mol. The van der Waals surface area contributed by atoms with Gasteiger partial charge in [-0.25, -0.2) is 4.98 Å². The van der Waals surface area contributed by atoms with Crippen molar-refractivity contribution >= 4 is 22.6 Å². The SMILES string of the molecule is CCCN(CC(=O)O)c1nc(CCOC)ns1. The Morgan fingerprint density at radius 1 is 1.59 bits per heavy atom. The number of carbonyl (C=O) groups is 1. The van der Waals surface area contributed by atoms with Crippen LogP contribution in [0.1, 0.15) is 19.2 Å². The topological polar surface area (TPSA) is 75.6 Å². The smallest absolute Gasteiger partial charge is 0.323 e. The second kappa shape index (κ2) is 7.18. The second-order valence-corrected chi connectivity index (χ2v) is 4.28. The standard InChI is InChI=1S/C10H17N3O3S/c1-3-5-13(7-9(14)15)10-11-8(12-17-10)4-6-16-2/h3-7H2,1-2H3,(H,14,15). The van der Waals surface area contributed by atoms with Crippen LogP contribution in [-0.4, -0.2) is 47.2 Å². The van der Waals surface area contributed by atoms with Gasteiger partial charge >= 0.3 is 5.97 Å². The van der Waals surface area contributed by atoms with Gasteiger partial charge in [0.05, 0.1) is 6.61 Å². The highest BCUT2D eigenvalue weighted by molar-refractivity contribution is 7.09. The molecule has 1 aromatic heterocycles. The highest BCUT2D eigenvalue weighted by atomic mass is 32.1. The van der Waals surface area contributed by atoms with Crippen LogP contribution in [0.2, 0.25) is 0 Å². The average molecular weight is 259 g/mol. The molecule has 0 spiro atoms. The van der Waals surface area contributed by atoms with E-state index in [1.54, 1.807) is 12.0 Å². The van der Waals surface area contributed by atoms with E-state index in [9.17, 15) is 4.79 Å². The van der Waals surface area contributed by atoms with Gasteiger partial charge in [0.15, 0.2) is 0 Å². The molecule has 0 aromatic carbocycles. The summed E-state index contributed by atoms with van der Waals surface area (Å²) in [5.41, 5.74) is 0. The summed E-state index contributed by atoms with van der Waals surface area (Å²) in [6.45, 7) is 3.21. The minimum absolute atomic E-state index is 0.0350. The Morgan fingerprint density at radius 2 is 2.35 bits per heavy atom. The molecule has 17 heavy (non-hydrogen) atoms. The summed E-state index contributed by atoms with van der Waals surface area (Å²) in [5, 5.41) is 9.48. The van der Waals surface area contributed by atoms with Gasteiger partial charge in [0.25, 0.3) is 0 Å². The van der Waals surface area contributed by atoms with Gasteiger partial charge in [-0.1, -0.05) is 6.92 Å². The van der Waals surface area contributed by atoms with Crippen molar-refractivity contribution in [1.82, 2.24) is 9.36 Å². The van der Waals surface area contributed by atoms with Crippen LogP contribution in [0.15, 0.2) is 0 Å². The molecule has 0 saturated heterocycles. The molecule has 0 aliphatic heterocycles. The molecule has 0 amide bonds. The first-order valence-electron chi connectivity index (χ1n) is 5.45. The lowest BCUT2D eigenvalue weighted by molar-refractivity contribution is -0.135. The first kappa shape index (κ1) is 13.9.